The predicted molar refractivity (Wildman–Crippen MR) is 98.0 cm³/mol. The summed E-state index contributed by atoms with van der Waals surface area (Å²) in [5.74, 6) is -1.41. The molecular weight excluding hydrogens is 340 g/mol. The number of hydrazone groups is 1. The minimum atomic E-state index is -0.754. The number of rotatable bonds is 7. The van der Waals surface area contributed by atoms with Gasteiger partial charge in [0, 0.05) is 17.9 Å². The Bertz CT molecular complexity index is 586. The molecule has 8 heteroatoms. The largest absolute Gasteiger partial charge is 0.370 e. The Kier molecular flexibility index (Phi) is 8.44. The number of nitrogens with zero attached hydrogens (tertiary/aromatic N) is 1. The van der Waals surface area contributed by atoms with E-state index in [0.717, 1.165) is 49.7 Å². The van der Waals surface area contributed by atoms with Gasteiger partial charge in [-0.05, 0) is 24.0 Å². The fourth-order valence-electron chi connectivity index (χ4n) is 2.44. The second-order valence-electron chi connectivity index (χ2n) is 5.69. The normalized spacial score (nSPS) is 15.2. The van der Waals surface area contributed by atoms with Gasteiger partial charge in [0.2, 0.25) is 0 Å². The molecule has 0 unspecified atom stereocenters. The maximum Gasteiger partial charge on any atom is 0.329 e. The van der Waals surface area contributed by atoms with Crippen LogP contribution in [-0.2, 0) is 14.3 Å². The monoisotopic (exact) mass is 365 g/mol. The number of carbonyl (C=O) groups is 2. The Balaban J connectivity index is 1.62. The van der Waals surface area contributed by atoms with Crippen molar-refractivity contribution in [2.75, 3.05) is 45.6 Å². The van der Waals surface area contributed by atoms with Crippen LogP contribution in [0.5, 0.6) is 0 Å². The van der Waals surface area contributed by atoms with Gasteiger partial charge in [-0.1, -0.05) is 12.1 Å². The molecule has 1 aromatic carbocycles. The van der Waals surface area contributed by atoms with Crippen molar-refractivity contribution in [2.45, 2.75) is 11.3 Å². The van der Waals surface area contributed by atoms with Gasteiger partial charge >= 0.3 is 11.8 Å². The molecule has 0 saturated carbocycles. The molecule has 0 radical (unpaired) electrons. The maximum absolute atomic E-state index is 11.7. The topological polar surface area (TPSA) is 84.2 Å². The molecule has 7 nitrogen and oxygen atoms in total. The Morgan fingerprint density at radius 3 is 2.64 bits per heavy atom. The van der Waals surface area contributed by atoms with E-state index in [1.807, 2.05) is 30.5 Å². The molecule has 0 spiro atoms. The Morgan fingerprint density at radius 1 is 1.24 bits per heavy atom. The van der Waals surface area contributed by atoms with Gasteiger partial charge < -0.3 is 15.0 Å². The highest BCUT2D eigenvalue weighted by Gasteiger charge is 2.14. The summed E-state index contributed by atoms with van der Waals surface area (Å²) in [5, 5.41) is 6.42. The molecular formula is C17H25N4O3S+. The van der Waals surface area contributed by atoms with Crippen LogP contribution in [0.4, 0.5) is 0 Å². The number of nitrogens with one attached hydrogen (secondary N) is 3. The summed E-state index contributed by atoms with van der Waals surface area (Å²) in [5.41, 5.74) is 3.10. The highest BCUT2D eigenvalue weighted by atomic mass is 32.2. The number of benzene rings is 1. The Labute approximate surface area is 152 Å². The van der Waals surface area contributed by atoms with Crippen LogP contribution < -0.4 is 15.6 Å². The first-order chi connectivity index (χ1) is 12.2. The predicted octanol–water partition coefficient (Wildman–Crippen LogP) is -0.720. The van der Waals surface area contributed by atoms with Crippen LogP contribution in [0.2, 0.25) is 0 Å². The van der Waals surface area contributed by atoms with E-state index in [1.165, 1.54) is 11.1 Å². The van der Waals surface area contributed by atoms with Gasteiger partial charge in [-0.2, -0.15) is 5.10 Å². The van der Waals surface area contributed by atoms with E-state index in [9.17, 15) is 9.59 Å². The van der Waals surface area contributed by atoms with Crippen LogP contribution in [0.3, 0.4) is 0 Å². The van der Waals surface area contributed by atoms with Gasteiger partial charge in [-0.3, -0.25) is 9.59 Å². The molecule has 2 amide bonds. The van der Waals surface area contributed by atoms with Gasteiger partial charge in [0.1, 0.15) is 13.1 Å². The first-order valence-electron chi connectivity index (χ1n) is 8.35. The lowest BCUT2D eigenvalue weighted by molar-refractivity contribution is -0.908. The van der Waals surface area contributed by atoms with Crippen molar-refractivity contribution in [3.63, 3.8) is 0 Å². The van der Waals surface area contributed by atoms with Crippen LogP contribution >= 0.6 is 11.8 Å². The maximum atomic E-state index is 11.7. The summed E-state index contributed by atoms with van der Waals surface area (Å²) >= 11 is 1.65. The zero-order valence-electron chi connectivity index (χ0n) is 14.4. The lowest BCUT2D eigenvalue weighted by atomic mass is 10.2. The van der Waals surface area contributed by atoms with Crippen molar-refractivity contribution in [2.24, 2.45) is 5.10 Å². The Morgan fingerprint density at radius 2 is 1.96 bits per heavy atom. The van der Waals surface area contributed by atoms with Gasteiger partial charge in [0.05, 0.1) is 26.0 Å². The third-order valence-corrected chi connectivity index (χ3v) is 4.64. The second-order valence-corrected chi connectivity index (χ2v) is 6.57. The average Bonchev–Trinajstić information content (AvgIpc) is 2.66. The molecule has 1 saturated heterocycles. The molecule has 0 aliphatic carbocycles. The average molecular weight is 365 g/mol. The number of hydrogen-bond acceptors (Lipinski definition) is 5. The lowest BCUT2D eigenvalue weighted by Crippen LogP contribution is -3.14. The summed E-state index contributed by atoms with van der Waals surface area (Å²) in [6, 6.07) is 7.74. The molecule has 2 rings (SSSR count). The molecule has 1 aliphatic heterocycles. The number of morpholine rings is 1. The van der Waals surface area contributed by atoms with Gasteiger partial charge in [-0.25, -0.2) is 5.43 Å². The van der Waals surface area contributed by atoms with E-state index in [0.29, 0.717) is 6.54 Å². The van der Waals surface area contributed by atoms with E-state index in [2.05, 4.69) is 15.8 Å². The Hall–Kier alpha value is -1.90. The minimum absolute atomic E-state index is 0.483. The lowest BCUT2D eigenvalue weighted by Gasteiger charge is -2.23. The molecule has 3 N–H and O–H groups in total. The fraction of sp³-hybridized carbons (Fsp3) is 0.471. The second kappa shape index (κ2) is 10.9. The van der Waals surface area contributed by atoms with Crippen molar-refractivity contribution in [3.05, 3.63) is 29.8 Å². The number of hydrogen-bond donors (Lipinski definition) is 3. The van der Waals surface area contributed by atoms with Gasteiger partial charge in [0.15, 0.2) is 0 Å². The summed E-state index contributed by atoms with van der Waals surface area (Å²) in [6.07, 6.45) is 4.35. The fourth-order valence-corrected chi connectivity index (χ4v) is 2.85. The summed E-state index contributed by atoms with van der Waals surface area (Å²) in [6.45, 7) is 5.04. The van der Waals surface area contributed by atoms with Crippen molar-refractivity contribution >= 4 is 29.8 Å². The number of ether oxygens (including phenoxy) is 1. The molecule has 1 fully saturated rings. The quantitative estimate of drug-likeness (QED) is 0.196. The zero-order valence-corrected chi connectivity index (χ0v) is 15.2. The van der Waals surface area contributed by atoms with Crippen LogP contribution in [-0.4, -0.2) is 63.7 Å². The SMILES string of the molecule is CSc1ccc(/C=N\NC(=O)C(=O)NCCC[NH+]2CCOCC2)cc1. The van der Waals surface area contributed by atoms with Crippen molar-refractivity contribution in [1.82, 2.24) is 10.7 Å². The third kappa shape index (κ3) is 7.25. The van der Waals surface area contributed by atoms with E-state index in [-0.39, 0.29) is 0 Å². The number of quaternary nitrogens is 1. The van der Waals surface area contributed by atoms with E-state index in [1.54, 1.807) is 11.8 Å². The smallest absolute Gasteiger partial charge is 0.329 e. The summed E-state index contributed by atoms with van der Waals surface area (Å²) in [4.78, 5) is 26.0. The number of carbonyl (C=O) groups excluding carboxylic acids is 2. The van der Waals surface area contributed by atoms with E-state index < -0.39 is 11.8 Å². The first-order valence-corrected chi connectivity index (χ1v) is 9.58. The van der Waals surface area contributed by atoms with Crippen LogP contribution in [0, 0.1) is 0 Å². The molecule has 1 heterocycles. The van der Waals surface area contributed by atoms with E-state index >= 15 is 0 Å². The van der Waals surface area contributed by atoms with E-state index in [4.69, 9.17) is 4.74 Å². The molecule has 136 valence electrons. The molecule has 25 heavy (non-hydrogen) atoms. The highest BCUT2D eigenvalue weighted by molar-refractivity contribution is 7.98. The summed E-state index contributed by atoms with van der Waals surface area (Å²) in [7, 11) is 0. The third-order valence-electron chi connectivity index (χ3n) is 3.89. The number of thioether (sulfide) groups is 1. The molecule has 0 aromatic heterocycles. The van der Waals surface area contributed by atoms with Gasteiger partial charge in [-0.15, -0.1) is 11.8 Å². The molecule has 0 atom stereocenters. The van der Waals surface area contributed by atoms with Gasteiger partial charge in [0.25, 0.3) is 0 Å². The minimum Gasteiger partial charge on any atom is -0.370 e. The van der Waals surface area contributed by atoms with Crippen molar-refractivity contribution in [1.29, 1.82) is 0 Å². The highest BCUT2D eigenvalue weighted by Crippen LogP contribution is 2.13. The van der Waals surface area contributed by atoms with Crippen LogP contribution in [0.25, 0.3) is 0 Å². The first kappa shape index (κ1) is 19.4. The van der Waals surface area contributed by atoms with Crippen molar-refractivity contribution < 1.29 is 19.2 Å². The van der Waals surface area contributed by atoms with Crippen LogP contribution in [0.15, 0.2) is 34.3 Å². The number of amides is 2. The zero-order chi connectivity index (χ0) is 17.9. The standard InChI is InChI=1S/C17H24N4O3S/c1-25-15-5-3-14(4-6-15)13-19-20-17(23)16(22)18-7-2-8-21-9-11-24-12-10-21/h3-6,13H,2,7-12H2,1H3,(H,18,22)(H,20,23)/p+1/b19-13-. The van der Waals surface area contributed by atoms with Crippen LogP contribution in [0.1, 0.15) is 12.0 Å². The molecule has 1 aromatic rings. The molecule has 0 bridgehead atoms. The molecule has 1 aliphatic rings. The summed E-state index contributed by atoms with van der Waals surface area (Å²) < 4.78 is 5.30. The van der Waals surface area contributed by atoms with Crippen molar-refractivity contribution in [3.8, 4) is 0 Å².